The molecule has 2 N–H and O–H groups in total. The Morgan fingerprint density at radius 3 is 1.54 bits per heavy atom. The van der Waals surface area contributed by atoms with Crippen LogP contribution >= 0.6 is 0 Å². The molecule has 0 saturated carbocycles. The number of hydrogen-bond donors (Lipinski definition) is 2. The van der Waals surface area contributed by atoms with Gasteiger partial charge in [-0.05, 0) is 24.3 Å². The van der Waals surface area contributed by atoms with E-state index in [2.05, 4.69) is 9.98 Å². The molecule has 0 bridgehead atoms. The minimum Gasteiger partial charge on any atom is -1.00 e. The summed E-state index contributed by atoms with van der Waals surface area (Å²) >= 11 is 0. The topological polar surface area (TPSA) is 83.6 Å². The monoisotopic (exact) mass is 418 g/mol. The van der Waals surface area contributed by atoms with Gasteiger partial charge >= 0.3 is 17.1 Å². The van der Waals surface area contributed by atoms with Crippen molar-refractivity contribution >= 4 is 12.4 Å². The van der Waals surface area contributed by atoms with Gasteiger partial charge in [0.2, 0.25) is 0 Å². The summed E-state index contributed by atoms with van der Waals surface area (Å²) in [6.45, 7) is 0.912. The molecule has 0 aliphatic carbocycles. The Kier molecular flexibility index (Phi) is 11.2. The quantitative estimate of drug-likeness (QED) is 0.366. The van der Waals surface area contributed by atoms with Crippen LogP contribution in [-0.4, -0.2) is 50.0 Å². The van der Waals surface area contributed by atoms with E-state index in [4.69, 9.17) is 9.47 Å². The van der Waals surface area contributed by atoms with Crippen molar-refractivity contribution in [2.45, 2.75) is 0 Å². The molecule has 2 aromatic carbocycles. The minimum atomic E-state index is 0. The van der Waals surface area contributed by atoms with Crippen molar-refractivity contribution in [1.29, 1.82) is 0 Å². The van der Waals surface area contributed by atoms with E-state index < -0.39 is 0 Å². The molecule has 139 valence electrons. The van der Waals surface area contributed by atoms with Crippen LogP contribution in [0.2, 0.25) is 0 Å². The van der Waals surface area contributed by atoms with E-state index in [0.29, 0.717) is 35.7 Å². The maximum atomic E-state index is 9.93. The van der Waals surface area contributed by atoms with Gasteiger partial charge in [-0.15, -0.1) is 0 Å². The molecule has 0 atom stereocenters. The molecule has 0 fully saturated rings. The van der Waals surface area contributed by atoms with Gasteiger partial charge in [-0.25, -0.2) is 0 Å². The van der Waals surface area contributed by atoms with Crippen LogP contribution in [0.25, 0.3) is 0 Å². The van der Waals surface area contributed by atoms with Crippen molar-refractivity contribution in [2.75, 3.05) is 27.3 Å². The van der Waals surface area contributed by atoms with E-state index in [1.165, 1.54) is 14.2 Å². The zero-order valence-corrected chi connectivity index (χ0v) is 16.3. The molecule has 26 heavy (non-hydrogen) atoms. The molecule has 0 aromatic heterocycles. The number of hydrogen-bond acceptors (Lipinski definition) is 6. The van der Waals surface area contributed by atoms with Gasteiger partial charge in [-0.1, -0.05) is 12.1 Å². The number of methoxy groups -OCH3 is 2. The number of rotatable bonds is 7. The van der Waals surface area contributed by atoms with Crippen molar-refractivity contribution in [2.24, 2.45) is 9.98 Å². The van der Waals surface area contributed by atoms with Gasteiger partial charge in [0.05, 0.1) is 27.3 Å². The number of phenolic OH excluding ortho intramolecular Hbond substituents is 2. The number of nitrogens with zero attached hydrogens (tertiary/aromatic N) is 2. The summed E-state index contributed by atoms with van der Waals surface area (Å²) in [5.74, 6) is 0.943. The average Bonchev–Trinajstić information content (AvgIpc) is 2.60. The summed E-state index contributed by atoms with van der Waals surface area (Å²) in [5.41, 5.74) is 1.17. The molecule has 2 rings (SSSR count). The molecule has 0 unspecified atom stereocenters. The van der Waals surface area contributed by atoms with Gasteiger partial charge in [0.25, 0.3) is 0 Å². The minimum absolute atomic E-state index is 0. The van der Waals surface area contributed by atoms with Gasteiger partial charge < -0.3 is 32.1 Å². The smallest absolute Gasteiger partial charge is 1.00 e. The number of halogens is 1. The van der Waals surface area contributed by atoms with Crippen LogP contribution in [0.4, 0.5) is 0 Å². The fraction of sp³-hybridized carbons (Fsp3) is 0.222. The molecule has 0 amide bonds. The molecule has 0 spiro atoms. The first kappa shape index (κ1) is 23.8. The fourth-order valence-electron chi connectivity index (χ4n) is 2.06. The zero-order chi connectivity index (χ0) is 17.4. The van der Waals surface area contributed by atoms with E-state index in [1.54, 1.807) is 48.8 Å². The SMILES string of the molecule is COc1cccc(C=NCCN=Cc2cccc(OC)c2O)c1O.[Cl-].[Mn+2]. The Morgan fingerprint density at radius 1 is 0.808 bits per heavy atom. The van der Waals surface area contributed by atoms with Crippen LogP contribution in [0, 0.1) is 0 Å². The standard InChI is InChI=1S/C18H20N2O4.ClH.Mn/c1-23-15-7-3-5-13(17(15)21)11-19-9-10-20-12-14-6-4-8-16(24-2)18(14)22;;/h3-8,11-12,21-22H,9-10H2,1-2H3;1H;/q;;+2/p-1. The summed E-state index contributed by atoms with van der Waals surface area (Å²) < 4.78 is 10.1. The van der Waals surface area contributed by atoms with Crippen LogP contribution < -0.4 is 21.9 Å². The summed E-state index contributed by atoms with van der Waals surface area (Å²) in [5, 5.41) is 19.9. The number of phenols is 2. The number of aliphatic imine (C=N–C) groups is 2. The third-order valence-electron chi connectivity index (χ3n) is 3.32. The van der Waals surface area contributed by atoms with Crippen molar-refractivity contribution in [3.8, 4) is 23.0 Å². The second-order valence-corrected chi connectivity index (χ2v) is 4.87. The molecular formula is C18H20ClMnN2O4+. The first-order valence-electron chi connectivity index (χ1n) is 7.39. The molecule has 0 aliphatic rings. The normalized spacial score (nSPS) is 10.4. The predicted molar refractivity (Wildman–Crippen MR) is 94.2 cm³/mol. The Bertz CT molecular complexity index is 690. The van der Waals surface area contributed by atoms with Gasteiger partial charge in [0, 0.05) is 23.6 Å². The van der Waals surface area contributed by atoms with Gasteiger partial charge in [0.1, 0.15) is 0 Å². The van der Waals surface area contributed by atoms with Crippen LogP contribution in [0.3, 0.4) is 0 Å². The number of aromatic hydroxyl groups is 2. The second kappa shape index (κ2) is 12.2. The number of ether oxygens (including phenoxy) is 2. The Labute approximate surface area is 169 Å². The molecule has 0 heterocycles. The second-order valence-electron chi connectivity index (χ2n) is 4.87. The first-order chi connectivity index (χ1) is 11.7. The van der Waals surface area contributed by atoms with E-state index in [0.717, 1.165) is 0 Å². The largest absolute Gasteiger partial charge is 2.00 e. The maximum absolute atomic E-state index is 9.93. The third-order valence-corrected chi connectivity index (χ3v) is 3.32. The molecular weight excluding hydrogens is 399 g/mol. The van der Waals surface area contributed by atoms with Crippen LogP contribution in [-0.2, 0) is 17.1 Å². The summed E-state index contributed by atoms with van der Waals surface area (Å²) in [7, 11) is 3.00. The Hall–Kier alpha value is -2.21. The molecule has 2 aromatic rings. The zero-order valence-electron chi connectivity index (χ0n) is 14.4. The summed E-state index contributed by atoms with van der Waals surface area (Å²) in [6, 6.07) is 10.4. The van der Waals surface area contributed by atoms with E-state index >= 15 is 0 Å². The van der Waals surface area contributed by atoms with Crippen molar-refractivity contribution < 1.29 is 49.2 Å². The van der Waals surface area contributed by atoms with Crippen LogP contribution in [0.5, 0.6) is 23.0 Å². The van der Waals surface area contributed by atoms with Gasteiger partial charge in [-0.2, -0.15) is 0 Å². The van der Waals surface area contributed by atoms with E-state index in [9.17, 15) is 10.2 Å². The van der Waals surface area contributed by atoms with Crippen molar-refractivity contribution in [1.82, 2.24) is 0 Å². The van der Waals surface area contributed by atoms with Crippen molar-refractivity contribution in [3.63, 3.8) is 0 Å². The van der Waals surface area contributed by atoms with Crippen molar-refractivity contribution in [3.05, 3.63) is 47.5 Å². The molecule has 1 radical (unpaired) electrons. The van der Waals surface area contributed by atoms with E-state index in [-0.39, 0.29) is 41.0 Å². The first-order valence-corrected chi connectivity index (χ1v) is 7.39. The Morgan fingerprint density at radius 2 is 1.19 bits per heavy atom. The summed E-state index contributed by atoms with van der Waals surface area (Å²) in [4.78, 5) is 8.45. The number of benzene rings is 2. The van der Waals surface area contributed by atoms with Gasteiger partial charge in [0.15, 0.2) is 23.0 Å². The molecule has 6 nitrogen and oxygen atoms in total. The van der Waals surface area contributed by atoms with Crippen LogP contribution in [0.15, 0.2) is 46.4 Å². The summed E-state index contributed by atoms with van der Waals surface area (Å²) in [6.07, 6.45) is 3.16. The maximum Gasteiger partial charge on any atom is 2.00 e. The predicted octanol–water partition coefficient (Wildman–Crippen LogP) is -0.345. The third kappa shape index (κ3) is 6.26. The molecule has 0 aliphatic heterocycles. The van der Waals surface area contributed by atoms with E-state index in [1.807, 2.05) is 0 Å². The van der Waals surface area contributed by atoms with Gasteiger partial charge in [-0.3, -0.25) is 9.98 Å². The number of para-hydroxylation sites is 2. The molecule has 0 saturated heterocycles. The molecule has 8 heteroatoms. The van der Waals surface area contributed by atoms with Crippen LogP contribution in [0.1, 0.15) is 11.1 Å². The average molecular weight is 419 g/mol. The Balaban J connectivity index is 0.00000312. The fourth-order valence-corrected chi connectivity index (χ4v) is 2.06.